The van der Waals surface area contributed by atoms with Crippen molar-refractivity contribution in [2.75, 3.05) is 26.2 Å². The Labute approximate surface area is 716 Å². The molecule has 0 saturated carbocycles. The van der Waals surface area contributed by atoms with Gasteiger partial charge in [0.2, 0.25) is 118 Å². The van der Waals surface area contributed by atoms with Crippen LogP contribution in [0.5, 0.6) is 0 Å². The molecule has 1 heterocycles. The molecule has 0 spiro atoms. The van der Waals surface area contributed by atoms with E-state index in [2.05, 4.69) is 90.4 Å². The second kappa shape index (κ2) is 46.6. The largest absolute Gasteiger partial charge is 0.394 e. The van der Waals surface area contributed by atoms with Crippen molar-refractivity contribution in [1.29, 1.82) is 0 Å². The number of primary amides is 2. The minimum absolute atomic E-state index is 0.0196. The summed E-state index contributed by atoms with van der Waals surface area (Å²) in [5.74, 6) is -16.7. The Kier molecular flexibility index (Phi) is 41.7. The zero-order chi connectivity index (χ0) is 94.7. The number of likely N-dealkylation sites (tertiary alicyclic amines) is 1. The van der Waals surface area contributed by atoms with E-state index in [1.807, 2.05) is 13.8 Å². The normalized spacial score (nSPS) is 15.6. The molecule has 41 nitrogen and oxygen atoms in total. The van der Waals surface area contributed by atoms with Gasteiger partial charge in [-0.15, -0.1) is 0 Å². The van der Waals surface area contributed by atoms with Crippen molar-refractivity contribution in [3.8, 4) is 0 Å². The van der Waals surface area contributed by atoms with E-state index in [1.165, 1.54) is 123 Å². The first-order valence-electron chi connectivity index (χ1n) is 41.3. The summed E-state index contributed by atoms with van der Waals surface area (Å²) >= 11 is 0. The lowest BCUT2D eigenvalue weighted by molar-refractivity contribution is -0.146. The smallest absolute Gasteiger partial charge is 0.248 e. The number of amides is 20. The van der Waals surface area contributed by atoms with E-state index in [9.17, 15) is 101 Å². The number of carbonyl (C=O) groups excluding carboxylic acids is 20. The highest BCUT2D eigenvalue weighted by atomic mass is 16.3. The molecule has 1 saturated heterocycles. The fourth-order valence-corrected chi connectivity index (χ4v) is 12.5. The minimum atomic E-state index is -1.89. The second-order valence-electron chi connectivity index (χ2n) is 37.1. The van der Waals surface area contributed by atoms with E-state index in [4.69, 9.17) is 11.5 Å². The maximum atomic E-state index is 14.5. The lowest BCUT2D eigenvalue weighted by atomic mass is 9.94. The molecule has 0 unspecified atom stereocenters. The molecule has 0 aromatic rings. The Hall–Kier alpha value is -10.6. The zero-order valence-corrected chi connectivity index (χ0v) is 76.2. The van der Waals surface area contributed by atoms with Crippen LogP contribution >= 0.6 is 0 Å². The van der Waals surface area contributed by atoms with Crippen molar-refractivity contribution < 1.29 is 101 Å². The first-order chi connectivity index (χ1) is 55.6. The van der Waals surface area contributed by atoms with Crippen LogP contribution in [-0.4, -0.2) is 247 Å². The monoisotopic (exact) mass is 1730 g/mol. The van der Waals surface area contributed by atoms with Gasteiger partial charge in [0.15, 0.2) is 0 Å². The third-order valence-electron chi connectivity index (χ3n) is 20.0. The van der Waals surface area contributed by atoms with Crippen LogP contribution in [0, 0.1) is 23.7 Å². The van der Waals surface area contributed by atoms with Gasteiger partial charge in [0.05, 0.1) is 25.7 Å². The SMILES string of the molecule is CC[C@@](C)(NC(=O)CNC(=O)C(C)(C)NC(=O)[C@@H](CC(C)C)NC(=O)C(C)(C)NC(=O)[C@H](CCC(N)=O)NC(=O)C(C)(C)NC(=O)[C@H](CC(C)C)NC(=O)[C@@H](C)NC(=O)CNC(=O)C(C)(C)NC(C)=O)C(=O)NC(C)(C)C(=O)N1CCC[C@@H]1C(=O)N[C@H](CC(C)C)C(=O)NC(C)(C)C(=O)NC(C)(C)C(=O)N[C@H](CCC(N)=O)C(=O)N[C@@H](CO)CC(C)C. The summed E-state index contributed by atoms with van der Waals surface area (Å²) in [5.41, 5.74) is -3.04. The van der Waals surface area contributed by atoms with Gasteiger partial charge in [0.1, 0.15) is 86.6 Å². The maximum absolute atomic E-state index is 14.5. The third-order valence-corrected chi connectivity index (χ3v) is 20.0. The third kappa shape index (κ3) is 36.2. The molecule has 41 heteroatoms. The number of carbonyl (C=O) groups is 20. The molecule has 20 amide bonds. The highest BCUT2D eigenvalue weighted by Gasteiger charge is 2.48. The molecule has 9 atom stereocenters. The number of rotatable bonds is 50. The summed E-state index contributed by atoms with van der Waals surface area (Å²) in [6, 6.07) is -9.84. The average Bonchev–Trinajstić information content (AvgIpc) is 1.57. The van der Waals surface area contributed by atoms with Crippen LogP contribution in [0.15, 0.2) is 0 Å². The maximum Gasteiger partial charge on any atom is 0.248 e. The molecule has 22 N–H and O–H groups in total. The van der Waals surface area contributed by atoms with Gasteiger partial charge < -0.3 is 112 Å². The number of nitrogens with two attached hydrogens (primary N) is 2. The molecule has 0 radical (unpaired) electrons. The van der Waals surface area contributed by atoms with Crippen LogP contribution in [0.2, 0.25) is 0 Å². The van der Waals surface area contributed by atoms with Crippen LogP contribution in [0.25, 0.3) is 0 Å². The molecule has 0 bridgehead atoms. The van der Waals surface area contributed by atoms with E-state index in [-0.39, 0.29) is 75.2 Å². The van der Waals surface area contributed by atoms with Crippen molar-refractivity contribution in [2.45, 2.75) is 343 Å². The van der Waals surface area contributed by atoms with Gasteiger partial charge in [-0.25, -0.2) is 0 Å². The number of nitrogens with zero attached hydrogens (tertiary/aromatic N) is 1. The molecule has 1 fully saturated rings. The molecule has 0 aromatic heterocycles. The summed E-state index contributed by atoms with van der Waals surface area (Å²) in [4.78, 5) is 272. The van der Waals surface area contributed by atoms with Gasteiger partial charge in [-0.1, -0.05) is 62.3 Å². The minimum Gasteiger partial charge on any atom is -0.394 e. The molecule has 1 rings (SSSR count). The van der Waals surface area contributed by atoms with Crippen LogP contribution in [0.3, 0.4) is 0 Å². The lowest BCUT2D eigenvalue weighted by Crippen LogP contribution is -2.66. The number of hydrogen-bond acceptors (Lipinski definition) is 21. The Morgan fingerprint density at radius 2 is 0.730 bits per heavy atom. The summed E-state index contributed by atoms with van der Waals surface area (Å²) in [7, 11) is 0. The van der Waals surface area contributed by atoms with E-state index in [1.54, 1.807) is 48.5 Å². The molecular weight excluding hydrogens is 1590 g/mol. The van der Waals surface area contributed by atoms with E-state index in [0.29, 0.717) is 12.8 Å². The topological polar surface area (TPSA) is 621 Å². The van der Waals surface area contributed by atoms with Crippen LogP contribution in [0.4, 0.5) is 0 Å². The molecule has 1 aliphatic heterocycles. The molecular formula is C81H142N20O21. The van der Waals surface area contributed by atoms with Crippen LogP contribution in [-0.2, 0) is 95.9 Å². The van der Waals surface area contributed by atoms with Gasteiger partial charge >= 0.3 is 0 Å². The quantitative estimate of drug-likeness (QED) is 0.0287. The van der Waals surface area contributed by atoms with Crippen LogP contribution in [0.1, 0.15) is 251 Å². The van der Waals surface area contributed by atoms with Gasteiger partial charge in [-0.2, -0.15) is 0 Å². The Bertz CT molecular complexity index is 3810. The number of hydrogen-bond donors (Lipinski definition) is 20. The number of nitrogens with one attached hydrogen (secondary N) is 17. The van der Waals surface area contributed by atoms with E-state index in [0.717, 1.165) is 0 Å². The number of aliphatic hydroxyl groups is 1. The molecule has 692 valence electrons. The predicted molar refractivity (Wildman–Crippen MR) is 450 cm³/mol. The van der Waals surface area contributed by atoms with E-state index < -0.39 is 243 Å². The molecule has 1 aliphatic rings. The van der Waals surface area contributed by atoms with Crippen molar-refractivity contribution in [1.82, 2.24) is 95.3 Å². The summed E-state index contributed by atoms with van der Waals surface area (Å²) in [5, 5.41) is 53.5. The van der Waals surface area contributed by atoms with Gasteiger partial charge in [0.25, 0.3) is 0 Å². The average molecular weight is 1730 g/mol. The Morgan fingerprint density at radius 3 is 1.13 bits per heavy atom. The standard InChI is InChI=1S/C81H142N20O21/c1-27-81(26,72(121)100-80(24,25)73(122)101-34-28-29-54(101)65(114)89-52(37-44(6)7)63(112)98-79(22,23)71(120)99-78(20,21)70(119)90-49(30-32-55(82)104)60(109)87-48(41-102)35-42(2)3)94-58(107)40-85-67(116)75(14,15)96-64(113)53(38-45(8)9)92-69(118)77(18,19)95-61(110)50(31-33-56(83)105)91-68(117)76(16,17)97-62(111)51(36-43(4)5)88-59(108)46(10)86-57(106)39-84-66(115)74(12,13)93-47(11)103/h42-46,48-54,102H,27-41H2,1-26H3,(H2,82,104)(H2,83,105)(H,84,115)(H,85,116)(H,86,106)(H,87,109)(H,88,108)(H,89,114)(H,90,119)(H,91,117)(H,92,118)(H,93,103)(H,94,107)(H,95,110)(H,96,113)(H,97,111)(H,98,112)(H,99,120)(H,100,121)/t46-,48-,49-,50+,51+,52-,53-,54-,81-/m1/s1. The highest BCUT2D eigenvalue weighted by molar-refractivity contribution is 6.04. The molecule has 0 aromatic carbocycles. The Morgan fingerprint density at radius 1 is 0.377 bits per heavy atom. The Balaban J connectivity index is 3.23. The summed E-state index contributed by atoms with van der Waals surface area (Å²) in [6.45, 7) is 37.1. The highest BCUT2D eigenvalue weighted by Crippen LogP contribution is 2.25. The van der Waals surface area contributed by atoms with Gasteiger partial charge in [-0.05, 0) is 192 Å². The number of aliphatic hydroxyl groups excluding tert-OH is 1. The molecule has 122 heavy (non-hydrogen) atoms. The summed E-state index contributed by atoms with van der Waals surface area (Å²) < 4.78 is 0. The van der Waals surface area contributed by atoms with Gasteiger partial charge in [-0.3, -0.25) is 95.9 Å². The summed E-state index contributed by atoms with van der Waals surface area (Å²) in [6.07, 6.45) is -0.395. The zero-order valence-electron chi connectivity index (χ0n) is 76.2. The predicted octanol–water partition coefficient (Wildman–Crippen LogP) is -3.10. The fourth-order valence-electron chi connectivity index (χ4n) is 12.5. The fraction of sp³-hybridized carbons (Fsp3) is 0.753. The second-order valence-corrected chi connectivity index (χ2v) is 37.1. The first kappa shape index (κ1) is 109. The van der Waals surface area contributed by atoms with Crippen molar-refractivity contribution in [2.24, 2.45) is 35.1 Å². The first-order valence-corrected chi connectivity index (χ1v) is 41.3. The van der Waals surface area contributed by atoms with E-state index >= 15 is 0 Å². The lowest BCUT2D eigenvalue weighted by Gasteiger charge is -2.37. The van der Waals surface area contributed by atoms with Crippen molar-refractivity contribution in [3.05, 3.63) is 0 Å². The van der Waals surface area contributed by atoms with Crippen LogP contribution < -0.4 is 102 Å². The van der Waals surface area contributed by atoms with Gasteiger partial charge in [0, 0.05) is 26.3 Å². The van der Waals surface area contributed by atoms with Crippen molar-refractivity contribution >= 4 is 118 Å². The molecule has 0 aliphatic carbocycles. The van der Waals surface area contributed by atoms with Crippen molar-refractivity contribution in [3.63, 3.8) is 0 Å².